The van der Waals surface area contributed by atoms with Gasteiger partial charge in [0, 0.05) is 36.5 Å². The maximum absolute atomic E-state index is 13.3. The molecule has 0 spiro atoms. The molecule has 2 amide bonds. The lowest BCUT2D eigenvalue weighted by Crippen LogP contribution is -2.59. The summed E-state index contributed by atoms with van der Waals surface area (Å²) in [5.41, 5.74) is -0.364. The minimum atomic E-state index is -4.62. The van der Waals surface area contributed by atoms with Crippen LogP contribution in [-0.2, 0) is 6.18 Å². The number of nitriles is 1. The van der Waals surface area contributed by atoms with E-state index in [1.807, 2.05) is 18.7 Å². The summed E-state index contributed by atoms with van der Waals surface area (Å²) in [4.78, 5) is 16.3. The Morgan fingerprint density at radius 1 is 1.13 bits per heavy atom. The summed E-state index contributed by atoms with van der Waals surface area (Å²) in [5, 5.41) is 11.8. The van der Waals surface area contributed by atoms with E-state index in [2.05, 4.69) is 5.32 Å². The second kappa shape index (κ2) is 8.76. The van der Waals surface area contributed by atoms with Crippen LogP contribution in [0.25, 0.3) is 0 Å². The number of carbonyl (C=O) groups is 1. The first kappa shape index (κ1) is 22.3. The summed E-state index contributed by atoms with van der Waals surface area (Å²) in [6.45, 7) is 4.40. The van der Waals surface area contributed by atoms with Crippen LogP contribution in [0.3, 0.4) is 0 Å². The number of piperazine rings is 1. The van der Waals surface area contributed by atoms with Crippen LogP contribution < -0.4 is 15.0 Å². The fraction of sp³-hybridized carbons (Fsp3) is 0.364. The van der Waals surface area contributed by atoms with E-state index in [1.165, 1.54) is 12.1 Å². The second-order valence-corrected chi connectivity index (χ2v) is 7.50. The molecular formula is C22H23F3N4O2. The third-order valence-corrected chi connectivity index (χ3v) is 5.35. The first-order chi connectivity index (χ1) is 14.6. The number of hydrogen-bond acceptors (Lipinski definition) is 4. The Morgan fingerprint density at radius 2 is 1.81 bits per heavy atom. The van der Waals surface area contributed by atoms with Crippen molar-refractivity contribution in [2.75, 3.05) is 30.4 Å². The third kappa shape index (κ3) is 4.85. The van der Waals surface area contributed by atoms with Crippen LogP contribution in [-0.4, -0.2) is 43.2 Å². The van der Waals surface area contributed by atoms with Gasteiger partial charge in [0.1, 0.15) is 5.75 Å². The molecule has 2 aromatic carbocycles. The number of amides is 2. The molecule has 1 N–H and O–H groups in total. The van der Waals surface area contributed by atoms with E-state index in [-0.39, 0.29) is 18.1 Å². The van der Waals surface area contributed by atoms with Crippen molar-refractivity contribution in [2.45, 2.75) is 32.1 Å². The molecule has 1 aliphatic rings. The molecule has 0 aromatic heterocycles. The summed E-state index contributed by atoms with van der Waals surface area (Å²) in [6.07, 6.45) is -4.62. The van der Waals surface area contributed by atoms with Gasteiger partial charge in [-0.3, -0.25) is 0 Å². The Morgan fingerprint density at radius 3 is 2.39 bits per heavy atom. The van der Waals surface area contributed by atoms with Gasteiger partial charge in [-0.2, -0.15) is 18.4 Å². The van der Waals surface area contributed by atoms with Gasteiger partial charge in [-0.05, 0) is 56.3 Å². The Balaban J connectivity index is 1.75. The molecule has 0 saturated carbocycles. The van der Waals surface area contributed by atoms with Gasteiger partial charge >= 0.3 is 12.2 Å². The minimum absolute atomic E-state index is 0.216. The van der Waals surface area contributed by atoms with Crippen molar-refractivity contribution in [1.82, 2.24) is 4.90 Å². The molecule has 2 atom stereocenters. The van der Waals surface area contributed by atoms with E-state index in [0.29, 0.717) is 30.2 Å². The van der Waals surface area contributed by atoms with Gasteiger partial charge in [-0.1, -0.05) is 0 Å². The molecule has 1 fully saturated rings. The van der Waals surface area contributed by atoms with Crippen LogP contribution in [0, 0.1) is 11.3 Å². The number of nitrogens with zero attached hydrogens (tertiary/aromatic N) is 3. The molecule has 1 heterocycles. The molecule has 3 rings (SSSR count). The number of methoxy groups -OCH3 is 1. The molecule has 0 unspecified atom stereocenters. The molecule has 0 aliphatic carbocycles. The molecule has 1 aliphatic heterocycles. The number of benzene rings is 2. The standard InChI is InChI=1S/C22H23F3N4O2/c1-14-13-29(21(30)27-17-5-8-19(31-3)9-6-17)15(2)12-28(14)18-7-4-16(11-26)20(10-18)22(23,24)25/h4-10,14-15H,12-13H2,1-3H3,(H,27,30)/t14-,15+/m0/s1. The Labute approximate surface area is 178 Å². The van der Waals surface area contributed by atoms with Gasteiger partial charge in [0.15, 0.2) is 0 Å². The first-order valence-corrected chi connectivity index (χ1v) is 9.73. The summed E-state index contributed by atoms with van der Waals surface area (Å²) >= 11 is 0. The zero-order valence-corrected chi connectivity index (χ0v) is 17.4. The van der Waals surface area contributed by atoms with E-state index >= 15 is 0 Å². The Kier molecular flexibility index (Phi) is 6.29. The average molecular weight is 432 g/mol. The predicted octanol–water partition coefficient (Wildman–Crippen LogP) is 4.72. The fourth-order valence-electron chi connectivity index (χ4n) is 3.68. The third-order valence-electron chi connectivity index (χ3n) is 5.35. The van der Waals surface area contributed by atoms with Crippen molar-refractivity contribution in [2.24, 2.45) is 0 Å². The highest BCUT2D eigenvalue weighted by Crippen LogP contribution is 2.35. The number of ether oxygens (including phenoxy) is 1. The van der Waals surface area contributed by atoms with E-state index in [4.69, 9.17) is 10.00 Å². The maximum Gasteiger partial charge on any atom is 0.417 e. The van der Waals surface area contributed by atoms with E-state index < -0.39 is 17.3 Å². The van der Waals surface area contributed by atoms with Crippen LogP contribution >= 0.6 is 0 Å². The number of alkyl halides is 3. The van der Waals surface area contributed by atoms with Crippen molar-refractivity contribution in [3.63, 3.8) is 0 Å². The van der Waals surface area contributed by atoms with Crippen molar-refractivity contribution < 1.29 is 22.7 Å². The highest BCUT2D eigenvalue weighted by molar-refractivity contribution is 5.89. The molecular weight excluding hydrogens is 409 g/mol. The van der Waals surface area contributed by atoms with E-state index in [0.717, 1.165) is 6.07 Å². The number of urea groups is 1. The SMILES string of the molecule is COc1ccc(NC(=O)N2C[C@H](C)N(c3ccc(C#N)c(C(F)(F)F)c3)C[C@H]2C)cc1. The van der Waals surface area contributed by atoms with Crippen molar-refractivity contribution in [3.05, 3.63) is 53.6 Å². The van der Waals surface area contributed by atoms with Crippen LogP contribution in [0.1, 0.15) is 25.0 Å². The lowest BCUT2D eigenvalue weighted by Gasteiger charge is -2.45. The van der Waals surface area contributed by atoms with Gasteiger partial charge in [0.25, 0.3) is 0 Å². The van der Waals surface area contributed by atoms with Crippen LogP contribution in [0.2, 0.25) is 0 Å². The molecule has 0 bridgehead atoms. The van der Waals surface area contributed by atoms with Gasteiger partial charge < -0.3 is 19.9 Å². The first-order valence-electron chi connectivity index (χ1n) is 9.73. The van der Waals surface area contributed by atoms with Crippen LogP contribution in [0.5, 0.6) is 5.75 Å². The molecule has 2 aromatic rings. The molecule has 0 radical (unpaired) electrons. The summed E-state index contributed by atoms with van der Waals surface area (Å²) in [6, 6.07) is 11.5. The highest BCUT2D eigenvalue weighted by Gasteiger charge is 2.36. The van der Waals surface area contributed by atoms with E-state index in [9.17, 15) is 18.0 Å². The highest BCUT2D eigenvalue weighted by atomic mass is 19.4. The average Bonchev–Trinajstić information content (AvgIpc) is 2.74. The smallest absolute Gasteiger partial charge is 0.417 e. The van der Waals surface area contributed by atoms with Crippen molar-refractivity contribution in [1.29, 1.82) is 5.26 Å². The number of nitrogens with one attached hydrogen (secondary N) is 1. The zero-order valence-electron chi connectivity index (χ0n) is 17.4. The summed E-state index contributed by atoms with van der Waals surface area (Å²) in [7, 11) is 1.56. The number of carbonyl (C=O) groups excluding carboxylic acids is 1. The quantitative estimate of drug-likeness (QED) is 0.762. The topological polar surface area (TPSA) is 68.6 Å². The van der Waals surface area contributed by atoms with Crippen molar-refractivity contribution in [3.8, 4) is 11.8 Å². The minimum Gasteiger partial charge on any atom is -0.497 e. The number of anilines is 2. The Bertz CT molecular complexity index is 986. The monoisotopic (exact) mass is 432 g/mol. The van der Waals surface area contributed by atoms with Gasteiger partial charge in [-0.25, -0.2) is 4.79 Å². The lowest BCUT2D eigenvalue weighted by atomic mass is 10.0. The van der Waals surface area contributed by atoms with Gasteiger partial charge in [0.2, 0.25) is 0 Å². The number of halogens is 3. The molecule has 9 heteroatoms. The summed E-state index contributed by atoms with van der Waals surface area (Å²) in [5.74, 6) is 0.675. The molecule has 6 nitrogen and oxygen atoms in total. The number of hydrogen-bond donors (Lipinski definition) is 1. The largest absolute Gasteiger partial charge is 0.497 e. The van der Waals surface area contributed by atoms with Crippen molar-refractivity contribution >= 4 is 17.4 Å². The fourth-order valence-corrected chi connectivity index (χ4v) is 3.68. The maximum atomic E-state index is 13.3. The number of rotatable bonds is 3. The van der Waals surface area contributed by atoms with Gasteiger partial charge in [0.05, 0.1) is 24.3 Å². The van der Waals surface area contributed by atoms with Gasteiger partial charge in [-0.15, -0.1) is 0 Å². The summed E-state index contributed by atoms with van der Waals surface area (Å²) < 4.78 is 45.1. The lowest BCUT2D eigenvalue weighted by molar-refractivity contribution is -0.137. The normalized spacial score (nSPS) is 19.0. The molecule has 31 heavy (non-hydrogen) atoms. The van der Waals surface area contributed by atoms with E-state index in [1.54, 1.807) is 42.3 Å². The molecule has 1 saturated heterocycles. The predicted molar refractivity (Wildman–Crippen MR) is 111 cm³/mol. The zero-order chi connectivity index (χ0) is 22.8. The van der Waals surface area contributed by atoms with Crippen LogP contribution in [0.4, 0.5) is 29.3 Å². The Hall–Kier alpha value is -3.41. The second-order valence-electron chi connectivity index (χ2n) is 7.50. The van der Waals surface area contributed by atoms with Crippen LogP contribution in [0.15, 0.2) is 42.5 Å². The molecule has 164 valence electrons.